The van der Waals surface area contributed by atoms with Gasteiger partial charge in [0, 0.05) is 0 Å². The highest BCUT2D eigenvalue weighted by Gasteiger charge is 2.09. The van der Waals surface area contributed by atoms with Gasteiger partial charge in [-0.25, -0.2) is 4.99 Å². The first kappa shape index (κ1) is 9.68. The largest absolute Gasteiger partial charge is 0.506 e. The normalized spacial score (nSPS) is 22.2. The SMILES string of the molecule is Oc1ccccc1/N=C1/C=CC=CC1O. The number of para-hydroxylation sites is 2. The molecular formula is C12H11NO2. The minimum absolute atomic E-state index is 0.111. The second-order valence-electron chi connectivity index (χ2n) is 3.21. The number of nitrogens with zero attached hydrogens (tertiary/aromatic N) is 1. The predicted octanol–water partition coefficient (Wildman–Crippen LogP) is 1.95. The molecule has 0 bridgehead atoms. The first-order chi connectivity index (χ1) is 7.27. The van der Waals surface area contributed by atoms with Gasteiger partial charge in [-0.05, 0) is 18.2 Å². The van der Waals surface area contributed by atoms with Crippen molar-refractivity contribution in [3.63, 3.8) is 0 Å². The van der Waals surface area contributed by atoms with Crippen LogP contribution in [0, 0.1) is 0 Å². The molecule has 2 N–H and O–H groups in total. The lowest BCUT2D eigenvalue weighted by molar-refractivity contribution is 0.289. The van der Waals surface area contributed by atoms with Crippen molar-refractivity contribution >= 4 is 11.4 Å². The number of aliphatic hydroxyl groups excluding tert-OH is 1. The first-order valence-electron chi connectivity index (χ1n) is 4.67. The molecule has 76 valence electrons. The van der Waals surface area contributed by atoms with E-state index in [1.807, 2.05) is 0 Å². The summed E-state index contributed by atoms with van der Waals surface area (Å²) >= 11 is 0. The molecule has 1 atom stereocenters. The third-order valence-electron chi connectivity index (χ3n) is 2.11. The molecular weight excluding hydrogens is 190 g/mol. The van der Waals surface area contributed by atoms with Crippen molar-refractivity contribution in [2.24, 2.45) is 4.99 Å². The molecule has 0 fully saturated rings. The molecule has 1 unspecified atom stereocenters. The van der Waals surface area contributed by atoms with Crippen molar-refractivity contribution in [1.82, 2.24) is 0 Å². The fourth-order valence-corrected chi connectivity index (χ4v) is 1.32. The summed E-state index contributed by atoms with van der Waals surface area (Å²) in [6.07, 6.45) is 6.21. The van der Waals surface area contributed by atoms with E-state index in [1.165, 1.54) is 0 Å². The van der Waals surface area contributed by atoms with Gasteiger partial charge >= 0.3 is 0 Å². The number of hydrogen-bond donors (Lipinski definition) is 2. The van der Waals surface area contributed by atoms with Crippen LogP contribution in [-0.4, -0.2) is 22.0 Å². The number of benzene rings is 1. The number of phenols is 1. The van der Waals surface area contributed by atoms with E-state index in [1.54, 1.807) is 48.6 Å². The van der Waals surface area contributed by atoms with Gasteiger partial charge in [-0.1, -0.05) is 30.4 Å². The van der Waals surface area contributed by atoms with Crippen LogP contribution in [0.25, 0.3) is 0 Å². The second-order valence-corrected chi connectivity index (χ2v) is 3.21. The average Bonchev–Trinajstić information content (AvgIpc) is 2.24. The van der Waals surface area contributed by atoms with Gasteiger partial charge in [-0.15, -0.1) is 0 Å². The number of hydrogen-bond acceptors (Lipinski definition) is 3. The monoisotopic (exact) mass is 201 g/mol. The molecule has 0 heterocycles. The smallest absolute Gasteiger partial charge is 0.141 e. The molecule has 0 saturated carbocycles. The summed E-state index contributed by atoms with van der Waals surface area (Å²) in [4.78, 5) is 4.18. The lowest BCUT2D eigenvalue weighted by Crippen LogP contribution is -2.16. The van der Waals surface area contributed by atoms with E-state index in [9.17, 15) is 10.2 Å². The summed E-state index contributed by atoms with van der Waals surface area (Å²) in [7, 11) is 0. The number of aliphatic hydroxyl groups is 1. The summed E-state index contributed by atoms with van der Waals surface area (Å²) in [6, 6.07) is 6.77. The Kier molecular flexibility index (Phi) is 2.65. The Morgan fingerprint density at radius 1 is 1.13 bits per heavy atom. The number of phenolic OH excluding ortho intramolecular Hbond substituents is 1. The summed E-state index contributed by atoms with van der Waals surface area (Å²) in [5, 5.41) is 19.1. The third-order valence-corrected chi connectivity index (χ3v) is 2.11. The van der Waals surface area contributed by atoms with E-state index in [0.717, 1.165) is 0 Å². The van der Waals surface area contributed by atoms with Crippen LogP contribution in [0.3, 0.4) is 0 Å². The van der Waals surface area contributed by atoms with Gasteiger partial charge in [0.2, 0.25) is 0 Å². The molecule has 1 aromatic rings. The zero-order valence-corrected chi connectivity index (χ0v) is 8.04. The standard InChI is InChI=1S/C12H11NO2/c14-11-7-3-1-5-9(11)13-10-6-2-4-8-12(10)15/h1-8,11,14-15H/b13-9-. The molecule has 0 amide bonds. The number of aliphatic imine (C=N–C) groups is 1. The van der Waals surface area contributed by atoms with E-state index in [0.29, 0.717) is 11.4 Å². The molecule has 2 rings (SSSR count). The van der Waals surface area contributed by atoms with Crippen molar-refractivity contribution < 1.29 is 10.2 Å². The zero-order valence-electron chi connectivity index (χ0n) is 8.04. The Bertz CT molecular complexity index is 447. The number of allylic oxidation sites excluding steroid dienone is 2. The highest BCUT2D eigenvalue weighted by Crippen LogP contribution is 2.25. The lowest BCUT2D eigenvalue weighted by Gasteiger charge is -2.09. The Morgan fingerprint density at radius 2 is 1.93 bits per heavy atom. The van der Waals surface area contributed by atoms with E-state index < -0.39 is 6.10 Å². The Morgan fingerprint density at radius 3 is 2.67 bits per heavy atom. The fourth-order valence-electron chi connectivity index (χ4n) is 1.32. The minimum atomic E-state index is -0.699. The quantitative estimate of drug-likeness (QED) is 0.729. The maximum Gasteiger partial charge on any atom is 0.141 e. The van der Waals surface area contributed by atoms with Crippen LogP contribution in [0.15, 0.2) is 53.6 Å². The van der Waals surface area contributed by atoms with Crippen LogP contribution in [0.4, 0.5) is 5.69 Å². The molecule has 3 heteroatoms. The highest BCUT2D eigenvalue weighted by molar-refractivity contribution is 6.02. The molecule has 0 saturated heterocycles. The van der Waals surface area contributed by atoms with E-state index in [2.05, 4.69) is 4.99 Å². The van der Waals surface area contributed by atoms with Gasteiger partial charge in [0.1, 0.15) is 17.5 Å². The van der Waals surface area contributed by atoms with E-state index in [4.69, 9.17) is 0 Å². The van der Waals surface area contributed by atoms with Gasteiger partial charge in [0.15, 0.2) is 0 Å². The van der Waals surface area contributed by atoms with Crippen molar-refractivity contribution in [3.05, 3.63) is 48.6 Å². The highest BCUT2D eigenvalue weighted by atomic mass is 16.3. The van der Waals surface area contributed by atoms with Crippen molar-refractivity contribution in [3.8, 4) is 5.75 Å². The predicted molar refractivity (Wildman–Crippen MR) is 59.5 cm³/mol. The van der Waals surface area contributed by atoms with Crippen molar-refractivity contribution in [1.29, 1.82) is 0 Å². The van der Waals surface area contributed by atoms with Crippen LogP contribution in [0.5, 0.6) is 5.75 Å². The zero-order chi connectivity index (χ0) is 10.7. The van der Waals surface area contributed by atoms with E-state index in [-0.39, 0.29) is 5.75 Å². The van der Waals surface area contributed by atoms with Crippen molar-refractivity contribution in [2.45, 2.75) is 6.10 Å². The van der Waals surface area contributed by atoms with Gasteiger partial charge in [0.25, 0.3) is 0 Å². The maximum absolute atomic E-state index is 9.57. The number of aromatic hydroxyl groups is 1. The summed E-state index contributed by atoms with van der Waals surface area (Å²) in [5.41, 5.74) is 0.991. The van der Waals surface area contributed by atoms with Crippen molar-refractivity contribution in [2.75, 3.05) is 0 Å². The maximum atomic E-state index is 9.57. The molecule has 15 heavy (non-hydrogen) atoms. The topological polar surface area (TPSA) is 52.8 Å². The molecule has 0 aliphatic heterocycles. The van der Waals surface area contributed by atoms with E-state index >= 15 is 0 Å². The Labute approximate surface area is 87.7 Å². The lowest BCUT2D eigenvalue weighted by atomic mass is 10.1. The molecule has 3 nitrogen and oxygen atoms in total. The van der Waals surface area contributed by atoms with Crippen LogP contribution in [-0.2, 0) is 0 Å². The second kappa shape index (κ2) is 4.11. The third kappa shape index (κ3) is 2.14. The minimum Gasteiger partial charge on any atom is -0.506 e. The summed E-state index contributed by atoms with van der Waals surface area (Å²) in [6.45, 7) is 0. The average molecular weight is 201 g/mol. The fraction of sp³-hybridized carbons (Fsp3) is 0.0833. The van der Waals surface area contributed by atoms with Crippen LogP contribution >= 0.6 is 0 Å². The number of rotatable bonds is 1. The van der Waals surface area contributed by atoms with Gasteiger partial charge in [-0.2, -0.15) is 0 Å². The Hall–Kier alpha value is -1.87. The molecule has 0 aromatic heterocycles. The van der Waals surface area contributed by atoms with Crippen LogP contribution in [0.2, 0.25) is 0 Å². The van der Waals surface area contributed by atoms with Crippen LogP contribution in [0.1, 0.15) is 0 Å². The van der Waals surface area contributed by atoms with Crippen LogP contribution < -0.4 is 0 Å². The molecule has 1 aromatic carbocycles. The molecule has 0 radical (unpaired) electrons. The summed E-state index contributed by atoms with van der Waals surface area (Å²) < 4.78 is 0. The van der Waals surface area contributed by atoms with Gasteiger partial charge in [0.05, 0.1) is 5.71 Å². The first-order valence-corrected chi connectivity index (χ1v) is 4.67. The summed E-state index contributed by atoms with van der Waals surface area (Å²) in [5.74, 6) is 0.111. The van der Waals surface area contributed by atoms with Gasteiger partial charge < -0.3 is 10.2 Å². The molecule has 1 aliphatic rings. The Balaban J connectivity index is 2.34. The molecule has 0 spiro atoms. The van der Waals surface area contributed by atoms with Gasteiger partial charge in [-0.3, -0.25) is 0 Å². The molecule has 1 aliphatic carbocycles.